The number of carbonyl (C=O) groups excluding carboxylic acids is 1. The number of nitrogens with one attached hydrogen (secondary N) is 1. The van der Waals surface area contributed by atoms with E-state index in [-0.39, 0.29) is 24.3 Å². The Morgan fingerprint density at radius 1 is 1.08 bits per heavy atom. The summed E-state index contributed by atoms with van der Waals surface area (Å²) in [5.41, 5.74) is 0.722. The first-order valence-electron chi connectivity index (χ1n) is 8.99. The van der Waals surface area contributed by atoms with Gasteiger partial charge in [0.1, 0.15) is 5.75 Å². The van der Waals surface area contributed by atoms with E-state index in [1.165, 1.54) is 12.1 Å². The Hall–Kier alpha value is -2.37. The van der Waals surface area contributed by atoms with E-state index in [1.807, 2.05) is 30.3 Å². The highest BCUT2D eigenvalue weighted by Crippen LogP contribution is 2.30. The van der Waals surface area contributed by atoms with Gasteiger partial charge in [0.25, 0.3) is 5.91 Å². The normalized spacial score (nSPS) is 22.7. The van der Waals surface area contributed by atoms with Crippen molar-refractivity contribution in [2.24, 2.45) is 0 Å². The van der Waals surface area contributed by atoms with Crippen molar-refractivity contribution in [3.05, 3.63) is 65.7 Å². The minimum Gasteiger partial charge on any atom is -0.508 e. The van der Waals surface area contributed by atoms with E-state index < -0.39 is 5.60 Å². The number of amides is 1. The lowest BCUT2D eigenvalue weighted by Crippen LogP contribution is -2.46. The van der Waals surface area contributed by atoms with Crippen molar-refractivity contribution in [1.29, 1.82) is 0 Å². The fourth-order valence-electron chi connectivity index (χ4n) is 3.22. The van der Waals surface area contributed by atoms with Crippen LogP contribution in [0, 0.1) is 0 Å². The van der Waals surface area contributed by atoms with Crippen LogP contribution in [0.5, 0.6) is 5.75 Å². The van der Waals surface area contributed by atoms with Crippen LogP contribution in [0.1, 0.15) is 41.6 Å². The van der Waals surface area contributed by atoms with Crippen LogP contribution in [0.2, 0.25) is 0 Å². The molecule has 5 heteroatoms. The Balaban J connectivity index is 1.42. The smallest absolute Gasteiger partial charge is 0.251 e. The Bertz CT molecular complexity index is 707. The van der Waals surface area contributed by atoms with Gasteiger partial charge in [-0.05, 0) is 55.5 Å². The summed E-state index contributed by atoms with van der Waals surface area (Å²) < 4.78 is 5.95. The lowest BCUT2D eigenvalue weighted by molar-refractivity contribution is -0.0582. The van der Waals surface area contributed by atoms with Crippen molar-refractivity contribution < 1.29 is 19.7 Å². The largest absolute Gasteiger partial charge is 0.508 e. The first-order valence-corrected chi connectivity index (χ1v) is 8.99. The number of hydrogen-bond acceptors (Lipinski definition) is 4. The number of carbonyl (C=O) groups is 1. The summed E-state index contributed by atoms with van der Waals surface area (Å²) in [7, 11) is 0. The van der Waals surface area contributed by atoms with Gasteiger partial charge in [-0.15, -0.1) is 0 Å². The van der Waals surface area contributed by atoms with Crippen LogP contribution in [-0.2, 0) is 11.3 Å². The molecule has 138 valence electrons. The third kappa shape index (κ3) is 5.07. The second-order valence-electron chi connectivity index (χ2n) is 6.95. The monoisotopic (exact) mass is 355 g/mol. The molecule has 0 aromatic heterocycles. The van der Waals surface area contributed by atoms with Crippen LogP contribution in [0.3, 0.4) is 0 Å². The summed E-state index contributed by atoms with van der Waals surface area (Å²) in [5, 5.41) is 22.8. The van der Waals surface area contributed by atoms with Gasteiger partial charge in [0, 0.05) is 12.1 Å². The van der Waals surface area contributed by atoms with E-state index in [0.717, 1.165) is 18.4 Å². The van der Waals surface area contributed by atoms with Crippen molar-refractivity contribution in [3.8, 4) is 5.75 Å². The second kappa shape index (κ2) is 8.34. The number of benzene rings is 2. The quantitative estimate of drug-likeness (QED) is 0.744. The molecule has 1 aliphatic carbocycles. The van der Waals surface area contributed by atoms with Crippen molar-refractivity contribution in [2.45, 2.75) is 44.0 Å². The minimum atomic E-state index is -0.890. The first-order chi connectivity index (χ1) is 12.5. The summed E-state index contributed by atoms with van der Waals surface area (Å²) in [4.78, 5) is 12.1. The van der Waals surface area contributed by atoms with Gasteiger partial charge < -0.3 is 20.3 Å². The number of phenolic OH excluding ortho intramolecular Hbond substituents is 1. The van der Waals surface area contributed by atoms with Crippen molar-refractivity contribution in [3.63, 3.8) is 0 Å². The molecule has 0 atom stereocenters. The predicted octanol–water partition coefficient (Wildman–Crippen LogP) is 3.01. The first kappa shape index (κ1) is 18.4. The molecule has 1 saturated carbocycles. The molecule has 3 rings (SSSR count). The Labute approximate surface area is 153 Å². The van der Waals surface area contributed by atoms with Gasteiger partial charge in [0.05, 0.1) is 18.3 Å². The van der Waals surface area contributed by atoms with Gasteiger partial charge >= 0.3 is 0 Å². The molecule has 0 bridgehead atoms. The van der Waals surface area contributed by atoms with Crippen LogP contribution >= 0.6 is 0 Å². The third-order valence-electron chi connectivity index (χ3n) is 4.90. The highest BCUT2D eigenvalue weighted by atomic mass is 16.5. The fourth-order valence-corrected chi connectivity index (χ4v) is 3.22. The Kier molecular flexibility index (Phi) is 5.91. The average Bonchev–Trinajstić information content (AvgIpc) is 2.67. The summed E-state index contributed by atoms with van der Waals surface area (Å²) in [6.07, 6.45) is 2.89. The van der Waals surface area contributed by atoms with Crippen molar-refractivity contribution in [1.82, 2.24) is 5.32 Å². The van der Waals surface area contributed by atoms with Gasteiger partial charge in [0.15, 0.2) is 0 Å². The van der Waals surface area contributed by atoms with Crippen LogP contribution in [0.4, 0.5) is 0 Å². The molecule has 1 fully saturated rings. The van der Waals surface area contributed by atoms with Crippen molar-refractivity contribution in [2.75, 3.05) is 6.54 Å². The van der Waals surface area contributed by atoms with E-state index >= 15 is 0 Å². The second-order valence-corrected chi connectivity index (χ2v) is 6.95. The Morgan fingerprint density at radius 3 is 2.38 bits per heavy atom. The molecule has 2 aromatic rings. The molecular formula is C21H25NO4. The maximum atomic E-state index is 12.1. The molecule has 1 amide bonds. The molecule has 1 aliphatic rings. The lowest BCUT2D eigenvalue weighted by atomic mass is 9.83. The summed E-state index contributed by atoms with van der Waals surface area (Å²) in [5.74, 6) is -0.130. The molecule has 0 heterocycles. The number of phenols is 1. The molecule has 0 unspecified atom stereocenters. The summed E-state index contributed by atoms with van der Waals surface area (Å²) in [6.45, 7) is 0.805. The zero-order valence-electron chi connectivity index (χ0n) is 14.7. The maximum Gasteiger partial charge on any atom is 0.251 e. The molecule has 0 spiro atoms. The van der Waals surface area contributed by atoms with Crippen LogP contribution < -0.4 is 5.32 Å². The lowest BCUT2D eigenvalue weighted by Gasteiger charge is -2.36. The highest BCUT2D eigenvalue weighted by Gasteiger charge is 2.34. The molecular weight excluding hydrogens is 330 g/mol. The van der Waals surface area contributed by atoms with E-state index in [4.69, 9.17) is 4.74 Å². The topological polar surface area (TPSA) is 78.8 Å². The van der Waals surface area contributed by atoms with E-state index in [1.54, 1.807) is 12.1 Å². The van der Waals surface area contributed by atoms with E-state index in [9.17, 15) is 15.0 Å². The van der Waals surface area contributed by atoms with Gasteiger partial charge in [0.2, 0.25) is 0 Å². The Morgan fingerprint density at radius 2 is 1.73 bits per heavy atom. The highest BCUT2D eigenvalue weighted by molar-refractivity contribution is 5.94. The van der Waals surface area contributed by atoms with Crippen LogP contribution in [0.15, 0.2) is 54.6 Å². The number of aromatic hydroxyl groups is 1. The van der Waals surface area contributed by atoms with E-state index in [2.05, 4.69) is 5.32 Å². The van der Waals surface area contributed by atoms with Crippen LogP contribution in [0.25, 0.3) is 0 Å². The van der Waals surface area contributed by atoms with Gasteiger partial charge in [-0.3, -0.25) is 4.79 Å². The SMILES string of the molecule is O=C(NC[C@]1(O)CC[C@H](OCc2ccccc2)CC1)c1ccc(O)cc1. The number of ether oxygens (including phenoxy) is 1. The van der Waals surface area contributed by atoms with Gasteiger partial charge in [-0.25, -0.2) is 0 Å². The standard InChI is InChI=1S/C21H25NO4/c23-18-8-6-17(7-9-18)20(24)22-15-21(25)12-10-19(11-13-21)26-14-16-4-2-1-3-5-16/h1-9,19,23,25H,10-15H2,(H,22,24)/t19-,21-. The number of rotatable bonds is 6. The van der Waals surface area contributed by atoms with Crippen LogP contribution in [-0.4, -0.2) is 34.4 Å². The predicted molar refractivity (Wildman–Crippen MR) is 98.9 cm³/mol. The number of aliphatic hydroxyl groups is 1. The molecule has 0 radical (unpaired) electrons. The van der Waals surface area contributed by atoms with Gasteiger partial charge in [-0.2, -0.15) is 0 Å². The molecule has 2 aromatic carbocycles. The molecule has 5 nitrogen and oxygen atoms in total. The number of hydrogen-bond donors (Lipinski definition) is 3. The molecule has 3 N–H and O–H groups in total. The zero-order valence-corrected chi connectivity index (χ0v) is 14.7. The maximum absolute atomic E-state index is 12.1. The zero-order chi connectivity index (χ0) is 18.4. The third-order valence-corrected chi connectivity index (χ3v) is 4.90. The van der Waals surface area contributed by atoms with E-state index in [0.29, 0.717) is 25.0 Å². The fraction of sp³-hybridized carbons (Fsp3) is 0.381. The van der Waals surface area contributed by atoms with Crippen molar-refractivity contribution >= 4 is 5.91 Å². The molecule has 0 saturated heterocycles. The molecule has 0 aliphatic heterocycles. The minimum absolute atomic E-state index is 0.119. The summed E-state index contributed by atoms with van der Waals surface area (Å²) in [6, 6.07) is 16.1. The van der Waals surface area contributed by atoms with Gasteiger partial charge in [-0.1, -0.05) is 30.3 Å². The average molecular weight is 355 g/mol. The molecule has 26 heavy (non-hydrogen) atoms. The summed E-state index contributed by atoms with van der Waals surface area (Å²) >= 11 is 0.